The van der Waals surface area contributed by atoms with Gasteiger partial charge in [-0.2, -0.15) is 5.26 Å². The first-order valence-corrected chi connectivity index (χ1v) is 13.0. The van der Waals surface area contributed by atoms with E-state index in [4.69, 9.17) is 12.2 Å². The van der Waals surface area contributed by atoms with Crippen molar-refractivity contribution < 1.29 is 4.79 Å². The quantitative estimate of drug-likeness (QED) is 0.410. The number of carbonyl (C=O) groups is 1. The summed E-state index contributed by atoms with van der Waals surface area (Å²) in [4.78, 5) is 33.2. The molecule has 178 valence electrons. The third kappa shape index (κ3) is 5.18. The van der Waals surface area contributed by atoms with Gasteiger partial charge in [-0.05, 0) is 37.9 Å². The number of pyridine rings is 1. The standard InChI is InChI=1S/C24H33N5O2S2/c1-5-8-10-28-21(27-13-11-26(7-3)12-14-27)18(17(4)19(16-25)22(28)30)15-20-23(31)29(9-6-2)24(32)33-20/h15H,5-14H2,1-4H3. The van der Waals surface area contributed by atoms with Crippen molar-refractivity contribution in [2.24, 2.45) is 0 Å². The molecule has 0 saturated carbocycles. The Morgan fingerprint density at radius 3 is 2.36 bits per heavy atom. The van der Waals surface area contributed by atoms with Crippen LogP contribution < -0.4 is 10.5 Å². The van der Waals surface area contributed by atoms with Crippen molar-refractivity contribution in [1.82, 2.24) is 14.4 Å². The minimum absolute atomic E-state index is 0.0992. The highest BCUT2D eigenvalue weighted by molar-refractivity contribution is 8.26. The van der Waals surface area contributed by atoms with Crippen molar-refractivity contribution in [3.05, 3.63) is 31.9 Å². The van der Waals surface area contributed by atoms with Crippen LogP contribution in [0.3, 0.4) is 0 Å². The van der Waals surface area contributed by atoms with Crippen LogP contribution in [-0.4, -0.2) is 63.9 Å². The SMILES string of the molecule is CCCCn1c(N2CCN(CC)CC2)c(C=C2SC(=S)N(CCC)C2=O)c(C)c(C#N)c1=O. The van der Waals surface area contributed by atoms with Crippen LogP contribution in [0.4, 0.5) is 5.82 Å². The van der Waals surface area contributed by atoms with Gasteiger partial charge in [0.05, 0.1) is 4.91 Å². The van der Waals surface area contributed by atoms with E-state index < -0.39 is 0 Å². The van der Waals surface area contributed by atoms with Gasteiger partial charge in [0.2, 0.25) is 0 Å². The lowest BCUT2D eigenvalue weighted by atomic mass is 10.0. The summed E-state index contributed by atoms with van der Waals surface area (Å²) in [6, 6.07) is 2.12. The lowest BCUT2D eigenvalue weighted by Crippen LogP contribution is -2.48. The summed E-state index contributed by atoms with van der Waals surface area (Å²) in [5.74, 6) is 0.722. The summed E-state index contributed by atoms with van der Waals surface area (Å²) in [5, 5.41) is 9.80. The molecule has 2 fully saturated rings. The predicted molar refractivity (Wildman–Crippen MR) is 140 cm³/mol. The number of carbonyl (C=O) groups excluding carboxylic acids is 1. The van der Waals surface area contributed by atoms with E-state index in [1.807, 2.05) is 19.9 Å². The van der Waals surface area contributed by atoms with Crippen LogP contribution in [0.5, 0.6) is 0 Å². The first kappa shape index (κ1) is 25.5. The van der Waals surface area contributed by atoms with E-state index in [1.54, 1.807) is 9.47 Å². The van der Waals surface area contributed by atoms with Crippen molar-refractivity contribution in [3.8, 4) is 6.07 Å². The first-order valence-electron chi connectivity index (χ1n) is 11.8. The Kier molecular flexibility index (Phi) is 8.74. The lowest BCUT2D eigenvalue weighted by molar-refractivity contribution is -0.122. The zero-order chi connectivity index (χ0) is 24.1. The number of hydrogen-bond donors (Lipinski definition) is 0. The summed E-state index contributed by atoms with van der Waals surface area (Å²) in [6.07, 6.45) is 4.46. The Morgan fingerprint density at radius 2 is 1.79 bits per heavy atom. The molecule has 9 heteroatoms. The number of nitrogens with zero attached hydrogens (tertiary/aromatic N) is 5. The van der Waals surface area contributed by atoms with E-state index in [0.29, 0.717) is 27.9 Å². The molecule has 3 heterocycles. The Balaban J connectivity index is 2.19. The summed E-state index contributed by atoms with van der Waals surface area (Å²) in [7, 11) is 0. The maximum atomic E-state index is 13.3. The largest absolute Gasteiger partial charge is 0.355 e. The molecule has 0 atom stereocenters. The average molecular weight is 488 g/mol. The van der Waals surface area contributed by atoms with E-state index in [1.165, 1.54) is 11.8 Å². The van der Waals surface area contributed by atoms with Crippen LogP contribution >= 0.6 is 24.0 Å². The molecule has 1 aromatic heterocycles. The van der Waals surface area contributed by atoms with Gasteiger partial charge in [0.25, 0.3) is 11.5 Å². The van der Waals surface area contributed by atoms with Crippen LogP contribution in [0.25, 0.3) is 6.08 Å². The van der Waals surface area contributed by atoms with Crippen molar-refractivity contribution in [2.75, 3.05) is 44.2 Å². The van der Waals surface area contributed by atoms with Gasteiger partial charge in [-0.15, -0.1) is 0 Å². The number of likely N-dealkylation sites (N-methyl/N-ethyl adjacent to an activating group) is 1. The maximum Gasteiger partial charge on any atom is 0.270 e. The topological polar surface area (TPSA) is 72.6 Å². The molecule has 0 unspecified atom stereocenters. The molecule has 7 nitrogen and oxygen atoms in total. The second kappa shape index (κ2) is 11.3. The fourth-order valence-electron chi connectivity index (χ4n) is 4.33. The molecule has 0 spiro atoms. The van der Waals surface area contributed by atoms with Crippen LogP contribution in [0.15, 0.2) is 9.70 Å². The molecule has 0 aliphatic carbocycles. The number of unbranched alkanes of at least 4 members (excludes halogenated alkanes) is 1. The summed E-state index contributed by atoms with van der Waals surface area (Å²) < 4.78 is 2.32. The zero-order valence-corrected chi connectivity index (χ0v) is 21.7. The normalized spacial score (nSPS) is 18.5. The van der Waals surface area contributed by atoms with Gasteiger partial charge in [0.1, 0.15) is 21.8 Å². The van der Waals surface area contributed by atoms with E-state index in [2.05, 4.69) is 29.7 Å². The molecule has 2 saturated heterocycles. The van der Waals surface area contributed by atoms with Crippen molar-refractivity contribution in [2.45, 2.75) is 53.5 Å². The minimum Gasteiger partial charge on any atom is -0.355 e. The molecule has 0 radical (unpaired) electrons. The molecule has 33 heavy (non-hydrogen) atoms. The molecule has 3 rings (SSSR count). The summed E-state index contributed by atoms with van der Waals surface area (Å²) in [5.41, 5.74) is 1.32. The number of rotatable bonds is 8. The Morgan fingerprint density at radius 1 is 1.09 bits per heavy atom. The van der Waals surface area contributed by atoms with Gasteiger partial charge >= 0.3 is 0 Å². The monoisotopic (exact) mass is 487 g/mol. The number of thioether (sulfide) groups is 1. The predicted octanol–water partition coefficient (Wildman–Crippen LogP) is 3.58. The van der Waals surface area contributed by atoms with E-state index in [-0.39, 0.29) is 17.0 Å². The second-order valence-electron chi connectivity index (χ2n) is 8.41. The highest BCUT2D eigenvalue weighted by Gasteiger charge is 2.33. The number of thiocarbonyl (C=S) groups is 1. The van der Waals surface area contributed by atoms with Crippen LogP contribution in [0.1, 0.15) is 56.7 Å². The van der Waals surface area contributed by atoms with E-state index in [0.717, 1.165) is 63.4 Å². The maximum absolute atomic E-state index is 13.3. The number of aromatic nitrogens is 1. The number of amides is 1. The highest BCUT2D eigenvalue weighted by Crippen LogP contribution is 2.36. The smallest absolute Gasteiger partial charge is 0.270 e. The Labute approximate surface area is 206 Å². The van der Waals surface area contributed by atoms with Gasteiger partial charge in [-0.1, -0.05) is 51.2 Å². The van der Waals surface area contributed by atoms with E-state index >= 15 is 0 Å². The fraction of sp³-hybridized carbons (Fsp3) is 0.583. The molecule has 0 aromatic carbocycles. The fourth-order valence-corrected chi connectivity index (χ4v) is 5.62. The molecule has 2 aliphatic rings. The third-order valence-electron chi connectivity index (χ3n) is 6.30. The lowest BCUT2D eigenvalue weighted by Gasteiger charge is -2.37. The number of hydrogen-bond acceptors (Lipinski definition) is 7. The highest BCUT2D eigenvalue weighted by atomic mass is 32.2. The van der Waals surface area contributed by atoms with Crippen LogP contribution in [0.2, 0.25) is 0 Å². The number of anilines is 1. The number of nitriles is 1. The average Bonchev–Trinajstić information content (AvgIpc) is 3.08. The Hall–Kier alpha value is -2.15. The molecular formula is C24H33N5O2S2. The second-order valence-corrected chi connectivity index (χ2v) is 10.1. The van der Waals surface area contributed by atoms with Gasteiger partial charge in [-0.3, -0.25) is 19.1 Å². The van der Waals surface area contributed by atoms with Crippen molar-refractivity contribution in [1.29, 1.82) is 5.26 Å². The van der Waals surface area contributed by atoms with Crippen LogP contribution in [-0.2, 0) is 11.3 Å². The van der Waals surface area contributed by atoms with Crippen LogP contribution in [0, 0.1) is 18.3 Å². The molecular weight excluding hydrogens is 454 g/mol. The van der Waals surface area contributed by atoms with Gasteiger partial charge < -0.3 is 9.80 Å². The summed E-state index contributed by atoms with van der Waals surface area (Å²) in [6.45, 7) is 13.6. The van der Waals surface area contributed by atoms with Crippen molar-refractivity contribution >= 4 is 46.1 Å². The molecule has 1 amide bonds. The molecule has 0 bridgehead atoms. The minimum atomic E-state index is -0.243. The van der Waals surface area contributed by atoms with Gasteiger partial charge in [0, 0.05) is 44.8 Å². The first-order chi connectivity index (χ1) is 15.9. The summed E-state index contributed by atoms with van der Waals surface area (Å²) >= 11 is 6.75. The zero-order valence-electron chi connectivity index (χ0n) is 20.0. The Bertz CT molecular complexity index is 1050. The third-order valence-corrected chi connectivity index (χ3v) is 7.67. The van der Waals surface area contributed by atoms with E-state index in [9.17, 15) is 14.9 Å². The molecule has 0 N–H and O–H groups in total. The number of piperazine rings is 1. The van der Waals surface area contributed by atoms with Gasteiger partial charge in [-0.25, -0.2) is 0 Å². The molecule has 2 aliphatic heterocycles. The molecule has 1 aromatic rings. The van der Waals surface area contributed by atoms with Crippen molar-refractivity contribution in [3.63, 3.8) is 0 Å². The van der Waals surface area contributed by atoms with Gasteiger partial charge in [0.15, 0.2) is 0 Å².